The fourth-order valence-corrected chi connectivity index (χ4v) is 5.66. The number of hydrogen-bond donors (Lipinski definition) is 1. The maximum Gasteiger partial charge on any atom is 0.0653 e. The number of aliphatic hydroxyl groups is 1. The van der Waals surface area contributed by atoms with Crippen LogP contribution in [0, 0.1) is 22.2 Å². The standard InChI is InChI=1S/C15H26O/c1-12(2)6-5-7-13(3)8-9-14(4,16)11-10-15(11,12)13/h11,16H,5-10H2,1-4H3/t11-,13-,14+,15-/m0/s1. The van der Waals surface area contributed by atoms with E-state index in [-0.39, 0.29) is 5.60 Å². The third-order valence-electron chi connectivity index (χ3n) is 6.71. The van der Waals surface area contributed by atoms with Gasteiger partial charge in [-0.25, -0.2) is 0 Å². The third-order valence-corrected chi connectivity index (χ3v) is 6.71. The molecule has 1 heteroatoms. The summed E-state index contributed by atoms with van der Waals surface area (Å²) in [7, 11) is 0. The highest BCUT2D eigenvalue weighted by Crippen LogP contribution is 2.81. The second-order valence-corrected chi connectivity index (χ2v) is 7.88. The van der Waals surface area contributed by atoms with Crippen molar-refractivity contribution in [2.75, 3.05) is 0 Å². The van der Waals surface area contributed by atoms with Crippen LogP contribution in [0.2, 0.25) is 0 Å². The van der Waals surface area contributed by atoms with Crippen molar-refractivity contribution >= 4 is 0 Å². The van der Waals surface area contributed by atoms with E-state index >= 15 is 0 Å². The normalized spacial score (nSPS) is 58.7. The van der Waals surface area contributed by atoms with Gasteiger partial charge < -0.3 is 5.11 Å². The lowest BCUT2D eigenvalue weighted by molar-refractivity contribution is -0.122. The minimum Gasteiger partial charge on any atom is -0.390 e. The Bertz CT molecular complexity index is 330. The van der Waals surface area contributed by atoms with Crippen molar-refractivity contribution < 1.29 is 5.11 Å². The van der Waals surface area contributed by atoms with Crippen LogP contribution in [0.4, 0.5) is 0 Å². The molecule has 3 saturated carbocycles. The van der Waals surface area contributed by atoms with Crippen molar-refractivity contribution in [3.05, 3.63) is 0 Å². The average Bonchev–Trinajstić information content (AvgIpc) is 2.89. The summed E-state index contributed by atoms with van der Waals surface area (Å²) in [6, 6.07) is 0. The topological polar surface area (TPSA) is 20.2 Å². The summed E-state index contributed by atoms with van der Waals surface area (Å²) >= 11 is 0. The molecule has 0 heterocycles. The predicted octanol–water partition coefficient (Wildman–Crippen LogP) is 3.75. The molecule has 92 valence electrons. The molecule has 0 aliphatic heterocycles. The first kappa shape index (κ1) is 11.1. The Morgan fingerprint density at radius 3 is 2.31 bits per heavy atom. The van der Waals surface area contributed by atoms with Crippen LogP contribution in [-0.4, -0.2) is 10.7 Å². The van der Waals surface area contributed by atoms with Gasteiger partial charge in [-0.2, -0.15) is 0 Å². The number of rotatable bonds is 0. The van der Waals surface area contributed by atoms with Gasteiger partial charge in [0.05, 0.1) is 5.60 Å². The fourth-order valence-electron chi connectivity index (χ4n) is 5.66. The molecule has 0 aromatic rings. The molecule has 3 aliphatic carbocycles. The molecule has 16 heavy (non-hydrogen) atoms. The minimum absolute atomic E-state index is 0.381. The van der Waals surface area contributed by atoms with Crippen LogP contribution in [0.5, 0.6) is 0 Å². The first-order chi connectivity index (χ1) is 7.25. The highest BCUT2D eigenvalue weighted by atomic mass is 16.3. The Morgan fingerprint density at radius 1 is 0.938 bits per heavy atom. The van der Waals surface area contributed by atoms with Crippen molar-refractivity contribution in [2.24, 2.45) is 22.2 Å². The third kappa shape index (κ3) is 1.02. The zero-order valence-corrected chi connectivity index (χ0v) is 11.3. The first-order valence-corrected chi connectivity index (χ1v) is 6.98. The summed E-state index contributed by atoms with van der Waals surface area (Å²) in [5, 5.41) is 10.6. The smallest absolute Gasteiger partial charge is 0.0653 e. The molecule has 0 saturated heterocycles. The van der Waals surface area contributed by atoms with Gasteiger partial charge in [-0.05, 0) is 61.2 Å². The van der Waals surface area contributed by atoms with E-state index in [0.717, 1.165) is 6.42 Å². The van der Waals surface area contributed by atoms with Gasteiger partial charge in [0.15, 0.2) is 0 Å². The van der Waals surface area contributed by atoms with E-state index < -0.39 is 0 Å². The molecule has 0 amide bonds. The van der Waals surface area contributed by atoms with E-state index in [2.05, 4.69) is 27.7 Å². The quantitative estimate of drug-likeness (QED) is 0.662. The average molecular weight is 222 g/mol. The lowest BCUT2D eigenvalue weighted by Gasteiger charge is -2.57. The maximum atomic E-state index is 10.6. The van der Waals surface area contributed by atoms with Crippen molar-refractivity contribution in [3.63, 3.8) is 0 Å². The molecule has 4 atom stereocenters. The minimum atomic E-state index is -0.381. The number of hydrogen-bond acceptors (Lipinski definition) is 1. The van der Waals surface area contributed by atoms with Crippen LogP contribution >= 0.6 is 0 Å². The molecular formula is C15H26O. The van der Waals surface area contributed by atoms with Gasteiger partial charge in [-0.3, -0.25) is 0 Å². The molecule has 0 aromatic heterocycles. The second-order valence-electron chi connectivity index (χ2n) is 7.88. The predicted molar refractivity (Wildman–Crippen MR) is 66.1 cm³/mol. The highest BCUT2D eigenvalue weighted by molar-refractivity contribution is 5.25. The molecule has 3 fully saturated rings. The lowest BCUT2D eigenvalue weighted by atomic mass is 9.48. The Hall–Kier alpha value is -0.0400. The SMILES string of the molecule is CC1(C)CCC[C@@]2(C)CC[C@@](C)(O)[C@@H]3C[C@]312. The van der Waals surface area contributed by atoms with E-state index in [0.29, 0.717) is 22.2 Å². The van der Waals surface area contributed by atoms with Crippen LogP contribution in [0.1, 0.15) is 66.2 Å². The molecular weight excluding hydrogens is 196 g/mol. The van der Waals surface area contributed by atoms with Crippen molar-refractivity contribution in [1.29, 1.82) is 0 Å². The Morgan fingerprint density at radius 2 is 1.62 bits per heavy atom. The summed E-state index contributed by atoms with van der Waals surface area (Å²) in [4.78, 5) is 0. The largest absolute Gasteiger partial charge is 0.390 e. The van der Waals surface area contributed by atoms with Crippen LogP contribution < -0.4 is 0 Å². The van der Waals surface area contributed by atoms with Crippen molar-refractivity contribution in [2.45, 2.75) is 71.8 Å². The van der Waals surface area contributed by atoms with Gasteiger partial charge >= 0.3 is 0 Å². The van der Waals surface area contributed by atoms with E-state index in [4.69, 9.17) is 0 Å². The highest BCUT2D eigenvalue weighted by Gasteiger charge is 2.77. The molecule has 0 aromatic carbocycles. The summed E-state index contributed by atoms with van der Waals surface area (Å²) in [5.74, 6) is 0.578. The van der Waals surface area contributed by atoms with E-state index in [1.165, 1.54) is 32.1 Å². The molecule has 1 spiro atoms. The summed E-state index contributed by atoms with van der Waals surface area (Å²) < 4.78 is 0. The van der Waals surface area contributed by atoms with Crippen LogP contribution in [-0.2, 0) is 0 Å². The summed E-state index contributed by atoms with van der Waals surface area (Å²) in [6.07, 6.45) is 7.67. The molecule has 3 aliphatic rings. The molecule has 0 radical (unpaired) electrons. The van der Waals surface area contributed by atoms with Gasteiger partial charge in [0.25, 0.3) is 0 Å². The van der Waals surface area contributed by atoms with Gasteiger partial charge in [-0.15, -0.1) is 0 Å². The lowest BCUT2D eigenvalue weighted by Crippen LogP contribution is -2.52. The second kappa shape index (κ2) is 2.68. The van der Waals surface area contributed by atoms with Crippen molar-refractivity contribution in [3.8, 4) is 0 Å². The molecule has 1 nitrogen and oxygen atoms in total. The molecule has 3 rings (SSSR count). The Balaban J connectivity index is 2.05. The van der Waals surface area contributed by atoms with E-state index in [9.17, 15) is 5.11 Å². The fraction of sp³-hybridized carbons (Fsp3) is 1.00. The van der Waals surface area contributed by atoms with Gasteiger partial charge in [0.1, 0.15) is 0 Å². The molecule has 1 N–H and O–H groups in total. The zero-order chi connectivity index (χ0) is 11.8. The Labute approximate surface area is 99.6 Å². The van der Waals surface area contributed by atoms with Gasteiger partial charge in [-0.1, -0.05) is 27.2 Å². The van der Waals surface area contributed by atoms with Crippen LogP contribution in [0.3, 0.4) is 0 Å². The first-order valence-electron chi connectivity index (χ1n) is 6.98. The van der Waals surface area contributed by atoms with Crippen molar-refractivity contribution in [1.82, 2.24) is 0 Å². The monoisotopic (exact) mass is 222 g/mol. The van der Waals surface area contributed by atoms with Crippen LogP contribution in [0.15, 0.2) is 0 Å². The molecule has 0 unspecified atom stereocenters. The maximum absolute atomic E-state index is 10.6. The summed E-state index contributed by atoms with van der Waals surface area (Å²) in [5.41, 5.74) is 1.03. The van der Waals surface area contributed by atoms with Crippen LogP contribution in [0.25, 0.3) is 0 Å². The molecule has 0 bridgehead atoms. The van der Waals surface area contributed by atoms with Gasteiger partial charge in [0.2, 0.25) is 0 Å². The Kier molecular flexibility index (Phi) is 1.86. The van der Waals surface area contributed by atoms with Gasteiger partial charge in [0, 0.05) is 0 Å². The van der Waals surface area contributed by atoms with E-state index in [1.807, 2.05) is 0 Å². The summed E-state index contributed by atoms with van der Waals surface area (Å²) in [6.45, 7) is 9.48. The van der Waals surface area contributed by atoms with E-state index in [1.54, 1.807) is 0 Å². The zero-order valence-electron chi connectivity index (χ0n) is 11.3.